The summed E-state index contributed by atoms with van der Waals surface area (Å²) in [6.45, 7) is 2.36. The number of thioether (sulfide) groups is 1. The van der Waals surface area contributed by atoms with Crippen LogP contribution in [-0.4, -0.2) is 26.4 Å². The Bertz CT molecular complexity index is 944. The lowest BCUT2D eigenvalue weighted by molar-refractivity contribution is -0.113. The second-order valence-electron chi connectivity index (χ2n) is 6.09. The number of carbonyl (C=O) groups excluding carboxylic acids is 1. The SMILES string of the molecule is CCc1cccc(NC(=O)CSc2nnc(COc3ccc(Cl)cc3)n2C)c1. The number of hydrogen-bond donors (Lipinski definition) is 1. The lowest BCUT2D eigenvalue weighted by Gasteiger charge is -2.07. The van der Waals surface area contributed by atoms with E-state index in [1.54, 1.807) is 24.3 Å². The van der Waals surface area contributed by atoms with Gasteiger partial charge in [0.05, 0.1) is 5.75 Å². The fourth-order valence-electron chi connectivity index (χ4n) is 2.47. The Kier molecular flexibility index (Phi) is 6.95. The molecule has 1 N–H and O–H groups in total. The zero-order chi connectivity index (χ0) is 19.9. The predicted octanol–water partition coefficient (Wildman–Crippen LogP) is 4.34. The van der Waals surface area contributed by atoms with E-state index in [-0.39, 0.29) is 18.3 Å². The second kappa shape index (κ2) is 9.61. The van der Waals surface area contributed by atoms with Gasteiger partial charge in [-0.05, 0) is 48.4 Å². The zero-order valence-electron chi connectivity index (χ0n) is 15.7. The zero-order valence-corrected chi connectivity index (χ0v) is 17.3. The van der Waals surface area contributed by atoms with Gasteiger partial charge in [0.15, 0.2) is 11.0 Å². The fraction of sp³-hybridized carbons (Fsp3) is 0.250. The molecule has 0 saturated heterocycles. The third kappa shape index (κ3) is 5.50. The first-order valence-corrected chi connectivity index (χ1v) is 10.2. The van der Waals surface area contributed by atoms with Crippen LogP contribution in [0.15, 0.2) is 53.7 Å². The van der Waals surface area contributed by atoms with Crippen LogP contribution in [0, 0.1) is 0 Å². The summed E-state index contributed by atoms with van der Waals surface area (Å²) in [6, 6.07) is 15.0. The number of anilines is 1. The van der Waals surface area contributed by atoms with E-state index in [1.165, 1.54) is 17.3 Å². The summed E-state index contributed by atoms with van der Waals surface area (Å²) >= 11 is 7.20. The smallest absolute Gasteiger partial charge is 0.234 e. The van der Waals surface area contributed by atoms with Crippen molar-refractivity contribution in [3.05, 3.63) is 64.9 Å². The predicted molar refractivity (Wildman–Crippen MR) is 112 cm³/mol. The first-order valence-electron chi connectivity index (χ1n) is 8.83. The average molecular weight is 417 g/mol. The normalized spacial score (nSPS) is 10.7. The van der Waals surface area contributed by atoms with E-state index in [4.69, 9.17) is 16.3 Å². The molecule has 146 valence electrons. The summed E-state index contributed by atoms with van der Waals surface area (Å²) in [5.41, 5.74) is 1.99. The van der Waals surface area contributed by atoms with Gasteiger partial charge in [-0.15, -0.1) is 10.2 Å². The van der Waals surface area contributed by atoms with Crippen LogP contribution in [0.2, 0.25) is 5.02 Å². The third-order valence-electron chi connectivity index (χ3n) is 4.06. The maximum Gasteiger partial charge on any atom is 0.234 e. The van der Waals surface area contributed by atoms with Gasteiger partial charge in [-0.25, -0.2) is 0 Å². The molecular formula is C20H21ClN4O2S. The molecule has 0 fully saturated rings. The minimum absolute atomic E-state index is 0.0831. The van der Waals surface area contributed by atoms with Crippen molar-refractivity contribution in [2.75, 3.05) is 11.1 Å². The van der Waals surface area contributed by atoms with E-state index in [0.29, 0.717) is 21.8 Å². The molecule has 3 aromatic rings. The number of ether oxygens (including phenoxy) is 1. The second-order valence-corrected chi connectivity index (χ2v) is 7.47. The summed E-state index contributed by atoms with van der Waals surface area (Å²) in [5.74, 6) is 1.55. The van der Waals surface area contributed by atoms with E-state index in [0.717, 1.165) is 12.1 Å². The van der Waals surface area contributed by atoms with Crippen molar-refractivity contribution in [3.63, 3.8) is 0 Å². The van der Waals surface area contributed by atoms with E-state index >= 15 is 0 Å². The third-order valence-corrected chi connectivity index (χ3v) is 5.33. The molecule has 6 nitrogen and oxygen atoms in total. The van der Waals surface area contributed by atoms with Gasteiger partial charge in [0.25, 0.3) is 0 Å². The number of hydrogen-bond acceptors (Lipinski definition) is 5. The highest BCUT2D eigenvalue weighted by atomic mass is 35.5. The lowest BCUT2D eigenvalue weighted by atomic mass is 10.1. The van der Waals surface area contributed by atoms with Gasteiger partial charge in [0, 0.05) is 17.8 Å². The van der Waals surface area contributed by atoms with Gasteiger partial charge in [-0.1, -0.05) is 42.4 Å². The highest BCUT2D eigenvalue weighted by molar-refractivity contribution is 7.99. The number of nitrogens with zero attached hydrogens (tertiary/aromatic N) is 3. The van der Waals surface area contributed by atoms with Crippen LogP contribution in [0.25, 0.3) is 0 Å². The molecule has 2 aromatic carbocycles. The maximum absolute atomic E-state index is 12.2. The van der Waals surface area contributed by atoms with Crippen LogP contribution in [0.5, 0.6) is 5.75 Å². The molecule has 8 heteroatoms. The Morgan fingerprint density at radius 2 is 2.00 bits per heavy atom. The standard InChI is InChI=1S/C20H21ClN4O2S/c1-3-14-5-4-6-16(11-14)22-19(26)13-28-20-24-23-18(25(20)2)12-27-17-9-7-15(21)8-10-17/h4-11H,3,12-13H2,1-2H3,(H,22,26). The monoisotopic (exact) mass is 416 g/mol. The summed E-state index contributed by atoms with van der Waals surface area (Å²) in [7, 11) is 1.85. The van der Waals surface area contributed by atoms with Crippen LogP contribution >= 0.6 is 23.4 Å². The van der Waals surface area contributed by atoms with E-state index in [2.05, 4.69) is 22.4 Å². The molecule has 0 aliphatic carbocycles. The van der Waals surface area contributed by atoms with E-state index < -0.39 is 0 Å². The fourth-order valence-corrected chi connectivity index (χ4v) is 3.33. The van der Waals surface area contributed by atoms with Crippen LogP contribution < -0.4 is 10.1 Å². The van der Waals surface area contributed by atoms with Crippen molar-refractivity contribution in [1.82, 2.24) is 14.8 Å². The van der Waals surface area contributed by atoms with Gasteiger partial charge in [-0.2, -0.15) is 0 Å². The molecule has 0 saturated carbocycles. The molecule has 0 atom stereocenters. The number of halogens is 1. The number of benzene rings is 2. The lowest BCUT2D eigenvalue weighted by Crippen LogP contribution is -2.14. The maximum atomic E-state index is 12.2. The highest BCUT2D eigenvalue weighted by Gasteiger charge is 2.12. The molecule has 1 heterocycles. The molecule has 1 aromatic heterocycles. The van der Waals surface area contributed by atoms with E-state index in [1.807, 2.05) is 35.9 Å². The topological polar surface area (TPSA) is 69.0 Å². The first-order chi connectivity index (χ1) is 13.5. The molecule has 0 unspecified atom stereocenters. The number of rotatable bonds is 8. The molecule has 28 heavy (non-hydrogen) atoms. The molecule has 0 aliphatic heterocycles. The largest absolute Gasteiger partial charge is 0.486 e. The Labute approximate surface area is 173 Å². The first kappa shape index (κ1) is 20.2. The van der Waals surface area contributed by atoms with Gasteiger partial charge in [-0.3, -0.25) is 4.79 Å². The Morgan fingerprint density at radius 3 is 2.75 bits per heavy atom. The van der Waals surface area contributed by atoms with Crippen molar-refractivity contribution < 1.29 is 9.53 Å². The number of amides is 1. The van der Waals surface area contributed by atoms with Crippen molar-refractivity contribution in [1.29, 1.82) is 0 Å². The quantitative estimate of drug-likeness (QED) is 0.553. The number of carbonyl (C=O) groups is 1. The Morgan fingerprint density at radius 1 is 1.21 bits per heavy atom. The Hall–Kier alpha value is -2.51. The highest BCUT2D eigenvalue weighted by Crippen LogP contribution is 2.19. The van der Waals surface area contributed by atoms with Gasteiger partial charge in [0.2, 0.25) is 5.91 Å². The summed E-state index contributed by atoms with van der Waals surface area (Å²) in [4.78, 5) is 12.2. The minimum atomic E-state index is -0.0831. The van der Waals surface area contributed by atoms with Gasteiger partial charge >= 0.3 is 0 Å². The molecule has 0 spiro atoms. The van der Waals surface area contributed by atoms with Crippen LogP contribution in [0.3, 0.4) is 0 Å². The van der Waals surface area contributed by atoms with Crippen molar-refractivity contribution >= 4 is 35.0 Å². The van der Waals surface area contributed by atoms with Crippen molar-refractivity contribution in [2.24, 2.45) is 7.05 Å². The van der Waals surface area contributed by atoms with Crippen molar-refractivity contribution in [3.8, 4) is 5.75 Å². The summed E-state index contributed by atoms with van der Waals surface area (Å²) in [6.07, 6.45) is 0.929. The molecule has 0 aliphatic rings. The van der Waals surface area contributed by atoms with Crippen LogP contribution in [0.4, 0.5) is 5.69 Å². The summed E-state index contributed by atoms with van der Waals surface area (Å²) in [5, 5.41) is 12.5. The minimum Gasteiger partial charge on any atom is -0.486 e. The molecule has 0 radical (unpaired) electrons. The van der Waals surface area contributed by atoms with Gasteiger partial charge in [0.1, 0.15) is 12.4 Å². The number of aryl methyl sites for hydroxylation is 1. The molecular weight excluding hydrogens is 396 g/mol. The van der Waals surface area contributed by atoms with Crippen LogP contribution in [-0.2, 0) is 24.9 Å². The molecule has 3 rings (SSSR count). The Balaban J connectivity index is 1.52. The summed E-state index contributed by atoms with van der Waals surface area (Å²) < 4.78 is 7.52. The van der Waals surface area contributed by atoms with Crippen LogP contribution in [0.1, 0.15) is 18.3 Å². The van der Waals surface area contributed by atoms with Gasteiger partial charge < -0.3 is 14.6 Å². The van der Waals surface area contributed by atoms with Crippen molar-refractivity contribution in [2.45, 2.75) is 25.1 Å². The molecule has 0 bridgehead atoms. The molecule has 1 amide bonds. The van der Waals surface area contributed by atoms with E-state index in [9.17, 15) is 4.79 Å². The average Bonchev–Trinajstić information content (AvgIpc) is 3.05. The number of aromatic nitrogens is 3. The number of nitrogens with one attached hydrogen (secondary N) is 1.